The first-order chi connectivity index (χ1) is 12.0. The molecule has 0 bridgehead atoms. The fraction of sp³-hybridized carbons (Fsp3) is 0.222. The third kappa shape index (κ3) is 5.79. The Kier molecular flexibility index (Phi) is 6.82. The molecule has 7 heteroatoms. The Morgan fingerprint density at radius 3 is 2.72 bits per heavy atom. The van der Waals surface area contributed by atoms with Crippen LogP contribution in [0.15, 0.2) is 46.0 Å². The van der Waals surface area contributed by atoms with Crippen molar-refractivity contribution in [3.05, 3.63) is 52.0 Å². The number of hydrogen-bond acceptors (Lipinski definition) is 5. The third-order valence-electron chi connectivity index (χ3n) is 3.27. The molecule has 0 saturated carbocycles. The van der Waals surface area contributed by atoms with Gasteiger partial charge in [-0.3, -0.25) is 4.79 Å². The number of nitrogens with zero attached hydrogens (tertiary/aromatic N) is 1. The van der Waals surface area contributed by atoms with E-state index >= 15 is 0 Å². The van der Waals surface area contributed by atoms with Crippen LogP contribution in [0.4, 0.5) is 5.69 Å². The normalized spacial score (nSPS) is 10.7. The van der Waals surface area contributed by atoms with E-state index in [0.29, 0.717) is 17.9 Å². The lowest BCUT2D eigenvalue weighted by atomic mass is 10.2. The molecule has 0 aromatic heterocycles. The Hall–Kier alpha value is -2.54. The van der Waals surface area contributed by atoms with Crippen molar-refractivity contribution < 1.29 is 14.6 Å². The maximum absolute atomic E-state index is 11.8. The number of rotatable bonds is 7. The van der Waals surface area contributed by atoms with E-state index in [1.165, 1.54) is 6.21 Å². The SMILES string of the molecule is CCOc1cc(Br)cc(C=NNC(=O)CNc2ccc(C)cc2)c1O. The van der Waals surface area contributed by atoms with E-state index in [1.54, 1.807) is 12.1 Å². The molecule has 0 fully saturated rings. The summed E-state index contributed by atoms with van der Waals surface area (Å²) in [7, 11) is 0. The number of carbonyl (C=O) groups excluding carboxylic acids is 1. The highest BCUT2D eigenvalue weighted by Gasteiger charge is 2.09. The summed E-state index contributed by atoms with van der Waals surface area (Å²) < 4.78 is 6.08. The maximum Gasteiger partial charge on any atom is 0.259 e. The van der Waals surface area contributed by atoms with Crippen LogP contribution in [0.1, 0.15) is 18.1 Å². The third-order valence-corrected chi connectivity index (χ3v) is 3.72. The van der Waals surface area contributed by atoms with Crippen molar-refractivity contribution in [1.29, 1.82) is 0 Å². The highest BCUT2D eigenvalue weighted by Crippen LogP contribution is 2.32. The number of amides is 1. The maximum atomic E-state index is 11.8. The molecular weight excluding hydrogens is 386 g/mol. The predicted octanol–water partition coefficient (Wildman–Crippen LogP) is 3.42. The number of halogens is 1. The van der Waals surface area contributed by atoms with Crippen LogP contribution >= 0.6 is 15.9 Å². The standard InChI is InChI=1S/C18H20BrN3O3/c1-3-25-16-9-14(19)8-13(18(16)24)10-21-22-17(23)11-20-15-6-4-12(2)5-7-15/h4-10,20,24H,3,11H2,1-2H3,(H,22,23). The van der Waals surface area contributed by atoms with Crippen molar-refractivity contribution in [2.45, 2.75) is 13.8 Å². The molecule has 0 spiro atoms. The smallest absolute Gasteiger partial charge is 0.259 e. The Morgan fingerprint density at radius 1 is 1.32 bits per heavy atom. The molecule has 2 aromatic carbocycles. The highest BCUT2D eigenvalue weighted by molar-refractivity contribution is 9.10. The Balaban J connectivity index is 1.91. The molecule has 0 aliphatic rings. The van der Waals surface area contributed by atoms with Gasteiger partial charge in [0.15, 0.2) is 11.5 Å². The molecule has 1 amide bonds. The quantitative estimate of drug-likeness (QED) is 0.486. The molecular formula is C18H20BrN3O3. The summed E-state index contributed by atoms with van der Waals surface area (Å²) in [4.78, 5) is 11.8. The molecule has 0 radical (unpaired) electrons. The number of phenolic OH excluding ortho intramolecular Hbond substituents is 1. The summed E-state index contributed by atoms with van der Waals surface area (Å²) in [6.07, 6.45) is 1.37. The zero-order valence-electron chi connectivity index (χ0n) is 14.0. The zero-order valence-corrected chi connectivity index (χ0v) is 15.6. The van der Waals surface area contributed by atoms with Crippen LogP contribution in [0.5, 0.6) is 11.5 Å². The van der Waals surface area contributed by atoms with Gasteiger partial charge in [0.2, 0.25) is 0 Å². The van der Waals surface area contributed by atoms with Crippen molar-refractivity contribution in [3.8, 4) is 11.5 Å². The van der Waals surface area contributed by atoms with Gasteiger partial charge in [-0.05, 0) is 38.1 Å². The number of aromatic hydroxyl groups is 1. The van der Waals surface area contributed by atoms with Crippen molar-refractivity contribution in [2.75, 3.05) is 18.5 Å². The summed E-state index contributed by atoms with van der Waals surface area (Å²) in [5.41, 5.74) is 4.86. The lowest BCUT2D eigenvalue weighted by molar-refractivity contribution is -0.119. The summed E-state index contributed by atoms with van der Waals surface area (Å²) in [5, 5.41) is 17.0. The minimum absolute atomic E-state index is 0.0270. The minimum Gasteiger partial charge on any atom is -0.504 e. The fourth-order valence-corrected chi connectivity index (χ4v) is 2.48. The van der Waals surface area contributed by atoms with Crippen LogP contribution in [0, 0.1) is 6.92 Å². The summed E-state index contributed by atoms with van der Waals surface area (Å²) in [6.45, 7) is 4.35. The second kappa shape index (κ2) is 9.08. The number of hydrazone groups is 1. The average molecular weight is 406 g/mol. The van der Waals surface area contributed by atoms with Gasteiger partial charge in [-0.2, -0.15) is 5.10 Å². The molecule has 0 aliphatic carbocycles. The molecule has 2 aromatic rings. The van der Waals surface area contributed by atoms with Gasteiger partial charge >= 0.3 is 0 Å². The largest absolute Gasteiger partial charge is 0.504 e. The summed E-state index contributed by atoms with van der Waals surface area (Å²) >= 11 is 3.34. The van der Waals surface area contributed by atoms with Crippen LogP contribution in [0.2, 0.25) is 0 Å². The van der Waals surface area contributed by atoms with E-state index in [1.807, 2.05) is 38.1 Å². The van der Waals surface area contributed by atoms with Crippen LogP contribution in [0.3, 0.4) is 0 Å². The summed E-state index contributed by atoms with van der Waals surface area (Å²) in [6, 6.07) is 11.1. The first-order valence-corrected chi connectivity index (χ1v) is 8.56. The van der Waals surface area contributed by atoms with Gasteiger partial charge in [0, 0.05) is 15.7 Å². The van der Waals surface area contributed by atoms with E-state index in [0.717, 1.165) is 15.7 Å². The van der Waals surface area contributed by atoms with E-state index in [2.05, 4.69) is 31.8 Å². The molecule has 25 heavy (non-hydrogen) atoms. The van der Waals surface area contributed by atoms with E-state index in [9.17, 15) is 9.90 Å². The molecule has 0 saturated heterocycles. The van der Waals surface area contributed by atoms with Gasteiger partial charge in [0.25, 0.3) is 5.91 Å². The Labute approximate surface area is 155 Å². The molecule has 2 rings (SSSR count). The number of benzene rings is 2. The number of anilines is 1. The predicted molar refractivity (Wildman–Crippen MR) is 102 cm³/mol. The number of carbonyl (C=O) groups is 1. The van der Waals surface area contributed by atoms with Gasteiger partial charge in [-0.1, -0.05) is 33.6 Å². The zero-order chi connectivity index (χ0) is 18.2. The number of phenols is 1. The number of ether oxygens (including phenoxy) is 1. The number of nitrogens with one attached hydrogen (secondary N) is 2. The fourth-order valence-electron chi connectivity index (χ4n) is 2.03. The lowest BCUT2D eigenvalue weighted by Gasteiger charge is -2.09. The Morgan fingerprint density at radius 2 is 2.04 bits per heavy atom. The number of aryl methyl sites for hydroxylation is 1. The molecule has 0 heterocycles. The van der Waals surface area contributed by atoms with E-state index in [4.69, 9.17) is 4.74 Å². The monoisotopic (exact) mass is 405 g/mol. The molecule has 0 aliphatic heterocycles. The van der Waals surface area contributed by atoms with Crippen molar-refractivity contribution in [1.82, 2.24) is 5.43 Å². The van der Waals surface area contributed by atoms with E-state index in [-0.39, 0.29) is 18.2 Å². The van der Waals surface area contributed by atoms with Crippen molar-refractivity contribution >= 4 is 33.7 Å². The molecule has 3 N–H and O–H groups in total. The Bertz CT molecular complexity index is 761. The number of hydrogen-bond donors (Lipinski definition) is 3. The average Bonchev–Trinajstić information content (AvgIpc) is 2.58. The van der Waals surface area contributed by atoms with Crippen molar-refractivity contribution in [3.63, 3.8) is 0 Å². The van der Waals surface area contributed by atoms with Crippen LogP contribution in [-0.4, -0.2) is 30.4 Å². The van der Waals surface area contributed by atoms with Gasteiger partial charge in [-0.15, -0.1) is 0 Å². The second-order valence-electron chi connectivity index (χ2n) is 5.29. The second-order valence-corrected chi connectivity index (χ2v) is 6.20. The topological polar surface area (TPSA) is 83.0 Å². The van der Waals surface area contributed by atoms with Crippen LogP contribution < -0.4 is 15.5 Å². The van der Waals surface area contributed by atoms with Gasteiger partial charge in [-0.25, -0.2) is 5.43 Å². The first kappa shape index (κ1) is 18.8. The van der Waals surface area contributed by atoms with Gasteiger partial charge in [0.05, 0.1) is 19.4 Å². The van der Waals surface area contributed by atoms with Crippen molar-refractivity contribution in [2.24, 2.45) is 5.10 Å². The van der Waals surface area contributed by atoms with E-state index < -0.39 is 0 Å². The van der Waals surface area contributed by atoms with Gasteiger partial charge in [0.1, 0.15) is 0 Å². The first-order valence-electron chi connectivity index (χ1n) is 7.77. The molecule has 0 unspecified atom stereocenters. The van der Waals surface area contributed by atoms with Crippen LogP contribution in [-0.2, 0) is 4.79 Å². The minimum atomic E-state index is -0.295. The van der Waals surface area contributed by atoms with Crippen LogP contribution in [0.25, 0.3) is 0 Å². The summed E-state index contributed by atoms with van der Waals surface area (Å²) in [5.74, 6) is 0.0304. The molecule has 132 valence electrons. The molecule has 0 atom stereocenters. The van der Waals surface area contributed by atoms with Gasteiger partial charge < -0.3 is 15.2 Å². The highest BCUT2D eigenvalue weighted by atomic mass is 79.9. The molecule has 6 nitrogen and oxygen atoms in total. The lowest BCUT2D eigenvalue weighted by Crippen LogP contribution is -2.25.